The summed E-state index contributed by atoms with van der Waals surface area (Å²) in [6.07, 6.45) is 0.573. The van der Waals surface area contributed by atoms with Gasteiger partial charge < -0.3 is 45.8 Å². The van der Waals surface area contributed by atoms with E-state index in [1.165, 1.54) is 0 Å². The molecule has 2 atom stereocenters. The Balaban J connectivity index is 1.28. The van der Waals surface area contributed by atoms with Crippen LogP contribution in [0.1, 0.15) is 44.3 Å². The number of hydrogen-bond donors (Lipinski definition) is 7. The molecule has 1 aromatic heterocycles. The van der Waals surface area contributed by atoms with Crippen LogP contribution in [0.2, 0.25) is 5.02 Å². The maximum Gasteiger partial charge on any atom is 0.547 e. The first-order chi connectivity index (χ1) is 25.5. The van der Waals surface area contributed by atoms with Gasteiger partial charge in [0.2, 0.25) is 11.9 Å². The topological polar surface area (TPSA) is 248 Å². The monoisotopic (exact) mass is 780 g/mol. The van der Waals surface area contributed by atoms with Crippen LogP contribution in [0.3, 0.4) is 0 Å². The van der Waals surface area contributed by atoms with Crippen molar-refractivity contribution in [2.24, 2.45) is 0 Å². The van der Waals surface area contributed by atoms with Crippen molar-refractivity contribution >= 4 is 54.3 Å². The number of fused-ring (bicyclic) bond motifs is 1. The Labute approximate surface area is 305 Å². The average molecular weight is 781 g/mol. The standard InChI is InChI=1S/C31H26BClF4N6O11/c33-19-14(11-16(35)22(44)23(19)45)21(27(47)40-17-10-12-2-3-15(34)18(30(50)51)24(12)54-32(17)53)41-31(52)43-9-8-42(28(48)29(43)49)7-1-5-39-26(46)13-4-6-38-25(37)20(13)36/h2-4,6,11,17,21,44-45,53H,1,5,7-10H2,(H,39,46)(H,40,47)(H,41,52)(H,50,51)/t17-,21?/m0/s1. The normalized spacial score (nSPS) is 16.0. The van der Waals surface area contributed by atoms with Gasteiger partial charge in [0.05, 0.1) is 16.5 Å². The number of halogens is 5. The van der Waals surface area contributed by atoms with Gasteiger partial charge in [0.25, 0.3) is 5.91 Å². The molecule has 17 nitrogen and oxygen atoms in total. The van der Waals surface area contributed by atoms with E-state index < -0.39 is 124 Å². The van der Waals surface area contributed by atoms with Gasteiger partial charge in [0.1, 0.15) is 23.2 Å². The molecule has 0 saturated carbocycles. The summed E-state index contributed by atoms with van der Waals surface area (Å²) in [4.78, 5) is 81.2. The van der Waals surface area contributed by atoms with Crippen LogP contribution in [0.15, 0.2) is 30.5 Å². The molecule has 2 aromatic carbocycles. The third kappa shape index (κ3) is 7.78. The summed E-state index contributed by atoms with van der Waals surface area (Å²) in [5.74, 6) is -16.6. The first-order valence-corrected chi connectivity index (χ1v) is 16.0. The Morgan fingerprint density at radius 2 is 1.76 bits per heavy atom. The van der Waals surface area contributed by atoms with Crippen LogP contribution >= 0.6 is 11.6 Å². The highest BCUT2D eigenvalue weighted by Crippen LogP contribution is 2.40. The van der Waals surface area contributed by atoms with Crippen molar-refractivity contribution in [3.05, 3.63) is 81.1 Å². The molecule has 2 aliphatic heterocycles. The van der Waals surface area contributed by atoms with E-state index >= 15 is 0 Å². The summed E-state index contributed by atoms with van der Waals surface area (Å²) in [6.45, 7) is -0.958. The fourth-order valence-corrected chi connectivity index (χ4v) is 5.84. The first-order valence-electron chi connectivity index (χ1n) is 15.6. The summed E-state index contributed by atoms with van der Waals surface area (Å²) in [5.41, 5.74) is -2.11. The molecular formula is C31H26BClF4N6O11. The summed E-state index contributed by atoms with van der Waals surface area (Å²) in [6, 6.07) is -0.100. The quantitative estimate of drug-likeness (QED) is 0.0377. The molecule has 1 fully saturated rings. The van der Waals surface area contributed by atoms with Crippen molar-refractivity contribution < 1.29 is 71.3 Å². The van der Waals surface area contributed by atoms with Crippen LogP contribution in [0.25, 0.3) is 0 Å². The second-order valence-corrected chi connectivity index (χ2v) is 12.1. The second kappa shape index (κ2) is 15.8. The number of urea groups is 1. The Kier molecular flexibility index (Phi) is 11.5. The molecule has 54 heavy (non-hydrogen) atoms. The minimum absolute atomic E-state index is 0.0383. The van der Waals surface area contributed by atoms with Crippen LogP contribution < -0.4 is 20.6 Å². The highest BCUT2D eigenvalue weighted by Gasteiger charge is 2.42. The highest BCUT2D eigenvalue weighted by molar-refractivity contribution is 6.47. The number of benzene rings is 2. The Hall–Kier alpha value is -6.16. The van der Waals surface area contributed by atoms with Gasteiger partial charge in [-0.3, -0.25) is 24.1 Å². The van der Waals surface area contributed by atoms with Crippen LogP contribution in [-0.2, 0) is 20.8 Å². The molecule has 2 aliphatic rings. The zero-order valence-corrected chi connectivity index (χ0v) is 28.0. The number of pyridine rings is 1. The molecule has 0 spiro atoms. The summed E-state index contributed by atoms with van der Waals surface area (Å²) >= 11 is 6.10. The smallest absolute Gasteiger partial charge is 0.534 e. The van der Waals surface area contributed by atoms with Crippen molar-refractivity contribution in [3.8, 4) is 17.2 Å². The molecule has 3 aromatic rings. The molecule has 23 heteroatoms. The number of carboxylic acid groups (broad SMARTS) is 1. The van der Waals surface area contributed by atoms with E-state index in [0.29, 0.717) is 11.0 Å². The third-order valence-corrected chi connectivity index (χ3v) is 8.72. The number of rotatable bonds is 10. The maximum absolute atomic E-state index is 14.6. The number of imide groups is 1. The van der Waals surface area contributed by atoms with Gasteiger partial charge in [0, 0.05) is 37.9 Å². The van der Waals surface area contributed by atoms with Crippen LogP contribution in [0.4, 0.5) is 22.4 Å². The van der Waals surface area contributed by atoms with Gasteiger partial charge in [0.15, 0.2) is 23.1 Å². The average Bonchev–Trinajstić information content (AvgIpc) is 3.12. The van der Waals surface area contributed by atoms with Crippen molar-refractivity contribution in [2.75, 3.05) is 26.2 Å². The number of phenolic OH excluding ortho intramolecular Hbond substituents is 2. The number of carboxylic acids is 1. The summed E-state index contributed by atoms with van der Waals surface area (Å²) in [7, 11) is -2.00. The van der Waals surface area contributed by atoms with E-state index in [1.54, 1.807) is 0 Å². The number of piperazine rings is 1. The fourth-order valence-electron chi connectivity index (χ4n) is 5.59. The largest absolute Gasteiger partial charge is 0.547 e. The molecule has 0 bridgehead atoms. The zero-order chi connectivity index (χ0) is 39.6. The number of aromatic carboxylic acids is 1. The maximum atomic E-state index is 14.6. The van der Waals surface area contributed by atoms with E-state index in [1.807, 2.05) is 0 Å². The number of carbonyl (C=O) groups is 6. The van der Waals surface area contributed by atoms with E-state index in [-0.39, 0.29) is 38.0 Å². The van der Waals surface area contributed by atoms with Gasteiger partial charge in [-0.2, -0.15) is 4.39 Å². The van der Waals surface area contributed by atoms with Gasteiger partial charge >= 0.3 is 30.9 Å². The van der Waals surface area contributed by atoms with Gasteiger partial charge in [-0.15, -0.1) is 0 Å². The molecule has 284 valence electrons. The predicted octanol–water partition coefficient (Wildman–Crippen LogP) is 0.782. The Morgan fingerprint density at radius 3 is 2.46 bits per heavy atom. The lowest BCUT2D eigenvalue weighted by molar-refractivity contribution is -0.153. The number of hydrogen-bond acceptors (Lipinski definition) is 11. The molecular weight excluding hydrogens is 755 g/mol. The molecule has 3 heterocycles. The number of phenols is 2. The first kappa shape index (κ1) is 39.1. The summed E-state index contributed by atoms with van der Waals surface area (Å²) < 4.78 is 61.1. The Bertz CT molecular complexity index is 2080. The van der Waals surface area contributed by atoms with Gasteiger partial charge in [-0.25, -0.2) is 27.7 Å². The fraction of sp³-hybridized carbons (Fsp3) is 0.258. The minimum atomic E-state index is -2.11. The number of carbonyl (C=O) groups excluding carboxylic acids is 5. The van der Waals surface area contributed by atoms with Crippen LogP contribution in [0.5, 0.6) is 17.2 Å². The summed E-state index contributed by atoms with van der Waals surface area (Å²) in [5, 5.41) is 45.9. The number of aromatic nitrogens is 1. The van der Waals surface area contributed by atoms with Gasteiger partial charge in [-0.05, 0) is 36.6 Å². The van der Waals surface area contributed by atoms with Crippen LogP contribution in [0, 0.1) is 23.4 Å². The van der Waals surface area contributed by atoms with Crippen molar-refractivity contribution in [3.63, 3.8) is 0 Å². The lowest BCUT2D eigenvalue weighted by atomic mass is 9.72. The van der Waals surface area contributed by atoms with E-state index in [2.05, 4.69) is 20.9 Å². The Morgan fingerprint density at radius 1 is 1.04 bits per heavy atom. The molecule has 6 amide bonds. The number of amides is 6. The van der Waals surface area contributed by atoms with E-state index in [9.17, 15) is 66.7 Å². The molecule has 7 N–H and O–H groups in total. The van der Waals surface area contributed by atoms with E-state index in [4.69, 9.17) is 16.3 Å². The zero-order valence-electron chi connectivity index (χ0n) is 27.2. The SMILES string of the molecule is O=C(NCCCN1CCN(C(=O)NC(C(=O)N[C@H]2Cc3ccc(F)c(C(=O)O)c3OB2O)c2cc(F)c(O)c(O)c2Cl)C(=O)C1=O)c1ccnc(F)c1F. The van der Waals surface area contributed by atoms with Crippen molar-refractivity contribution in [1.29, 1.82) is 0 Å². The minimum Gasteiger partial charge on any atom is -0.534 e. The highest BCUT2D eigenvalue weighted by atomic mass is 35.5. The van der Waals surface area contributed by atoms with Crippen molar-refractivity contribution in [2.45, 2.75) is 24.8 Å². The predicted molar refractivity (Wildman–Crippen MR) is 173 cm³/mol. The number of nitrogens with one attached hydrogen (secondary N) is 3. The van der Waals surface area contributed by atoms with Gasteiger partial charge in [-0.1, -0.05) is 17.7 Å². The lowest BCUT2D eigenvalue weighted by Crippen LogP contribution is -2.60. The molecule has 0 radical (unpaired) electrons. The molecule has 1 saturated heterocycles. The molecule has 5 rings (SSSR count). The molecule has 1 unspecified atom stereocenters. The number of nitrogens with zero attached hydrogens (tertiary/aromatic N) is 3. The lowest BCUT2D eigenvalue weighted by Gasteiger charge is -2.34. The van der Waals surface area contributed by atoms with E-state index in [0.717, 1.165) is 29.3 Å². The molecule has 0 aliphatic carbocycles. The van der Waals surface area contributed by atoms with Crippen molar-refractivity contribution in [1.82, 2.24) is 30.7 Å². The second-order valence-electron chi connectivity index (χ2n) is 11.7. The third-order valence-electron chi connectivity index (χ3n) is 8.32. The number of aromatic hydroxyl groups is 2. The van der Waals surface area contributed by atoms with Crippen LogP contribution in [-0.4, -0.2) is 110 Å².